The second-order valence-electron chi connectivity index (χ2n) is 11.2. The number of rotatable bonds is 13. The maximum absolute atomic E-state index is 12.4. The number of aryl methyl sites for hydroxylation is 2. The SMILES string of the molecule is COc1ccc(C(C)C)c(-n2c(C)cs/c2=N\C(O)NCCCCc2ccc(-c3ncn(-c4ccc(OC(F)(F)F)cc4)n3)cc2)c1. The van der Waals surface area contributed by atoms with Crippen LogP contribution in [0.3, 0.4) is 0 Å². The third-order valence-corrected chi connectivity index (χ3v) is 8.43. The lowest BCUT2D eigenvalue weighted by atomic mass is 10.0. The third-order valence-electron chi connectivity index (χ3n) is 7.47. The van der Waals surface area contributed by atoms with Crippen molar-refractivity contribution in [2.24, 2.45) is 4.99 Å². The zero-order valence-electron chi connectivity index (χ0n) is 26.5. The van der Waals surface area contributed by atoms with Gasteiger partial charge in [0.25, 0.3) is 0 Å². The number of benzene rings is 3. The molecule has 2 N–H and O–H groups in total. The Morgan fingerprint density at radius 1 is 1.00 bits per heavy atom. The molecule has 13 heteroatoms. The summed E-state index contributed by atoms with van der Waals surface area (Å²) in [6.45, 7) is 6.93. The van der Waals surface area contributed by atoms with E-state index in [4.69, 9.17) is 4.74 Å². The fourth-order valence-corrected chi connectivity index (χ4v) is 5.97. The molecule has 0 aliphatic carbocycles. The molecule has 1 unspecified atom stereocenters. The fourth-order valence-electron chi connectivity index (χ4n) is 5.08. The Bertz CT molecular complexity index is 1830. The molecule has 248 valence electrons. The van der Waals surface area contributed by atoms with Gasteiger partial charge in [0.1, 0.15) is 17.8 Å². The summed E-state index contributed by atoms with van der Waals surface area (Å²) in [5, 5.41) is 20.3. The summed E-state index contributed by atoms with van der Waals surface area (Å²) in [5.74, 6) is 1.27. The summed E-state index contributed by atoms with van der Waals surface area (Å²) in [6.07, 6.45) is -1.64. The molecule has 0 amide bonds. The van der Waals surface area contributed by atoms with Gasteiger partial charge in [0.15, 0.2) is 10.6 Å². The van der Waals surface area contributed by atoms with Crippen LogP contribution in [0, 0.1) is 6.92 Å². The van der Waals surface area contributed by atoms with Crippen LogP contribution in [0.1, 0.15) is 49.4 Å². The largest absolute Gasteiger partial charge is 0.573 e. The fraction of sp³-hybridized carbons (Fsp3) is 0.324. The molecule has 0 spiro atoms. The van der Waals surface area contributed by atoms with E-state index in [9.17, 15) is 18.3 Å². The van der Waals surface area contributed by atoms with Crippen molar-refractivity contribution in [3.8, 4) is 34.3 Å². The van der Waals surface area contributed by atoms with Crippen molar-refractivity contribution in [1.82, 2.24) is 24.6 Å². The predicted octanol–water partition coefficient (Wildman–Crippen LogP) is 6.91. The van der Waals surface area contributed by atoms with Gasteiger partial charge in [0.2, 0.25) is 6.35 Å². The molecule has 0 aliphatic heterocycles. The maximum atomic E-state index is 12.4. The molecule has 0 bridgehead atoms. The lowest BCUT2D eigenvalue weighted by molar-refractivity contribution is -0.274. The third kappa shape index (κ3) is 8.88. The van der Waals surface area contributed by atoms with E-state index in [0.717, 1.165) is 47.5 Å². The quantitative estimate of drug-likeness (QED) is 0.105. The van der Waals surface area contributed by atoms with Crippen LogP contribution in [0.25, 0.3) is 22.8 Å². The average molecular weight is 667 g/mol. The molecule has 0 aliphatic rings. The van der Waals surface area contributed by atoms with Crippen molar-refractivity contribution in [3.63, 3.8) is 0 Å². The Hall–Kier alpha value is -4.46. The molecule has 1 atom stereocenters. The first-order valence-electron chi connectivity index (χ1n) is 15.2. The van der Waals surface area contributed by atoms with E-state index in [2.05, 4.69) is 49.6 Å². The van der Waals surface area contributed by atoms with Crippen LogP contribution in [0.5, 0.6) is 11.5 Å². The number of unbranched alkanes of at least 4 members (excludes halogenated alkanes) is 1. The first-order valence-corrected chi connectivity index (χ1v) is 16.1. The van der Waals surface area contributed by atoms with Crippen molar-refractivity contribution < 1.29 is 27.8 Å². The summed E-state index contributed by atoms with van der Waals surface area (Å²) in [4.78, 5) is 9.61. The highest BCUT2D eigenvalue weighted by atomic mass is 32.1. The molecule has 5 aromatic rings. The van der Waals surface area contributed by atoms with Crippen LogP contribution in [0.4, 0.5) is 13.2 Å². The topological polar surface area (TPSA) is 98.7 Å². The Morgan fingerprint density at radius 3 is 2.40 bits per heavy atom. The number of nitrogens with zero attached hydrogens (tertiary/aromatic N) is 5. The van der Waals surface area contributed by atoms with Gasteiger partial charge in [-0.3, -0.25) is 9.88 Å². The number of aliphatic hydroxyl groups is 1. The van der Waals surface area contributed by atoms with E-state index in [-0.39, 0.29) is 5.75 Å². The smallest absolute Gasteiger partial charge is 0.497 e. The summed E-state index contributed by atoms with van der Waals surface area (Å²) >= 11 is 1.48. The number of halogens is 3. The maximum Gasteiger partial charge on any atom is 0.573 e. The van der Waals surface area contributed by atoms with Crippen LogP contribution >= 0.6 is 11.3 Å². The van der Waals surface area contributed by atoms with E-state index >= 15 is 0 Å². The lowest BCUT2D eigenvalue weighted by Gasteiger charge is -2.17. The van der Waals surface area contributed by atoms with E-state index < -0.39 is 12.7 Å². The molecule has 0 saturated heterocycles. The minimum Gasteiger partial charge on any atom is -0.497 e. The number of hydrogen-bond acceptors (Lipinski definition) is 8. The normalized spacial score (nSPS) is 12.9. The molecule has 0 fully saturated rings. The predicted molar refractivity (Wildman–Crippen MR) is 175 cm³/mol. The van der Waals surface area contributed by atoms with Crippen LogP contribution in [-0.2, 0) is 6.42 Å². The van der Waals surface area contributed by atoms with E-state index in [1.807, 2.05) is 48.7 Å². The van der Waals surface area contributed by atoms with Gasteiger partial charge in [0.05, 0.1) is 18.5 Å². The lowest BCUT2D eigenvalue weighted by Crippen LogP contribution is -2.31. The summed E-state index contributed by atoms with van der Waals surface area (Å²) in [6, 6.07) is 19.4. The van der Waals surface area contributed by atoms with Crippen LogP contribution in [0.15, 0.2) is 83.4 Å². The van der Waals surface area contributed by atoms with Crippen molar-refractivity contribution >= 4 is 11.3 Å². The molecule has 0 saturated carbocycles. The zero-order valence-corrected chi connectivity index (χ0v) is 27.3. The molecule has 2 heterocycles. The Morgan fingerprint density at radius 2 is 1.72 bits per heavy atom. The van der Waals surface area contributed by atoms with Gasteiger partial charge in [-0.1, -0.05) is 44.2 Å². The highest BCUT2D eigenvalue weighted by Crippen LogP contribution is 2.28. The van der Waals surface area contributed by atoms with E-state index in [0.29, 0.717) is 28.8 Å². The van der Waals surface area contributed by atoms with Crippen LogP contribution in [0.2, 0.25) is 0 Å². The molecule has 2 aromatic heterocycles. The molecule has 0 radical (unpaired) electrons. The van der Waals surface area contributed by atoms with Crippen molar-refractivity contribution in [2.75, 3.05) is 13.7 Å². The highest BCUT2D eigenvalue weighted by Gasteiger charge is 2.31. The number of aromatic nitrogens is 4. The molecule has 9 nitrogen and oxygen atoms in total. The van der Waals surface area contributed by atoms with E-state index in [1.165, 1.54) is 52.2 Å². The van der Waals surface area contributed by atoms with Gasteiger partial charge in [-0.05, 0) is 80.1 Å². The van der Waals surface area contributed by atoms with Crippen molar-refractivity contribution in [2.45, 2.75) is 58.7 Å². The van der Waals surface area contributed by atoms with Crippen LogP contribution in [-0.4, -0.2) is 50.8 Å². The molecular formula is C34H37F3N6O3S. The number of nitrogens with one attached hydrogen (secondary N) is 1. The van der Waals surface area contributed by atoms with Crippen LogP contribution < -0.4 is 19.6 Å². The average Bonchev–Trinajstić information content (AvgIpc) is 3.67. The first-order chi connectivity index (χ1) is 22.5. The van der Waals surface area contributed by atoms with Gasteiger partial charge >= 0.3 is 6.36 Å². The van der Waals surface area contributed by atoms with Crippen molar-refractivity contribution in [1.29, 1.82) is 0 Å². The highest BCUT2D eigenvalue weighted by molar-refractivity contribution is 7.07. The molecule has 5 rings (SSSR count). The Labute approximate surface area is 275 Å². The molecular weight excluding hydrogens is 629 g/mol. The number of hydrogen-bond donors (Lipinski definition) is 2. The van der Waals surface area contributed by atoms with Gasteiger partial charge in [-0.25, -0.2) is 14.7 Å². The minimum absolute atomic E-state index is 0.300. The molecule has 3 aromatic carbocycles. The Balaban J connectivity index is 1.12. The van der Waals surface area contributed by atoms with Gasteiger partial charge in [-0.2, -0.15) is 0 Å². The monoisotopic (exact) mass is 666 g/mol. The summed E-state index contributed by atoms with van der Waals surface area (Å²) in [7, 11) is 1.65. The minimum atomic E-state index is -4.74. The standard InChI is InChI=1S/C34H37F3N6O3S/c1-22(2)29-17-16-28(45-4)19-30(29)43-23(3)20-47-33(43)40-32(44)38-18-6-5-7-24-8-10-25(11-9-24)31-39-21-42(41-31)26-12-14-27(15-13-26)46-34(35,36)37/h8-17,19-22,32,38,44H,5-7,18H2,1-4H3/b40-33-. The van der Waals surface area contributed by atoms with Gasteiger partial charge < -0.3 is 14.6 Å². The van der Waals surface area contributed by atoms with Gasteiger partial charge in [-0.15, -0.1) is 29.6 Å². The Kier molecular flexibility index (Phi) is 10.8. The molecule has 47 heavy (non-hydrogen) atoms. The number of methoxy groups -OCH3 is 1. The van der Waals surface area contributed by atoms with Crippen molar-refractivity contribution in [3.05, 3.63) is 100 Å². The van der Waals surface area contributed by atoms with Gasteiger partial charge in [0, 0.05) is 22.7 Å². The number of thiazole rings is 1. The number of ether oxygens (including phenoxy) is 2. The second kappa shape index (κ2) is 15.0. The first kappa shape index (κ1) is 33.9. The number of alkyl halides is 3. The van der Waals surface area contributed by atoms with E-state index in [1.54, 1.807) is 7.11 Å². The summed E-state index contributed by atoms with van der Waals surface area (Å²) < 4.78 is 50.2. The zero-order chi connectivity index (χ0) is 33.6. The number of aliphatic hydroxyl groups excluding tert-OH is 1. The second-order valence-corrected chi connectivity index (χ2v) is 12.1. The summed E-state index contributed by atoms with van der Waals surface area (Å²) in [5.41, 5.74) is 5.73.